The lowest BCUT2D eigenvalue weighted by Gasteiger charge is -2.24. The molecule has 0 radical (unpaired) electrons. The molecule has 0 N–H and O–H groups in total. The van der Waals surface area contributed by atoms with Crippen LogP contribution in [0.3, 0.4) is 0 Å². The normalized spacial score (nSPS) is 11.2. The number of para-hydroxylation sites is 1. The van der Waals surface area contributed by atoms with Crippen molar-refractivity contribution in [2.24, 2.45) is 0 Å². The van der Waals surface area contributed by atoms with E-state index in [4.69, 9.17) is 14.1 Å². The van der Waals surface area contributed by atoms with Crippen molar-refractivity contribution in [1.82, 2.24) is 19.7 Å². The molecule has 0 spiro atoms. The van der Waals surface area contributed by atoms with Crippen molar-refractivity contribution in [3.8, 4) is 17.0 Å². The number of hydrogen-bond acceptors (Lipinski definition) is 5. The van der Waals surface area contributed by atoms with Gasteiger partial charge in [0, 0.05) is 36.2 Å². The molecule has 3 heterocycles. The van der Waals surface area contributed by atoms with Gasteiger partial charge >= 0.3 is 0 Å². The first-order valence-corrected chi connectivity index (χ1v) is 12.8. The zero-order valence-corrected chi connectivity index (χ0v) is 22.3. The first-order chi connectivity index (χ1) is 18.4. The number of ether oxygens (including phenoxy) is 1. The first kappa shape index (κ1) is 25.3. The van der Waals surface area contributed by atoms with Crippen LogP contribution in [-0.4, -0.2) is 32.7 Å². The fraction of sp³-hybridized carbons (Fsp3) is 0.258. The Morgan fingerprint density at radius 1 is 1.00 bits per heavy atom. The van der Waals surface area contributed by atoms with Crippen molar-refractivity contribution in [2.75, 3.05) is 7.11 Å². The first-order valence-electron chi connectivity index (χ1n) is 12.8. The topological polar surface area (TPSA) is 73.4 Å². The summed E-state index contributed by atoms with van der Waals surface area (Å²) in [7, 11) is 1.66. The Balaban J connectivity index is 1.51. The quantitative estimate of drug-likeness (QED) is 0.235. The monoisotopic (exact) mass is 508 g/mol. The van der Waals surface area contributed by atoms with Crippen molar-refractivity contribution in [1.29, 1.82) is 0 Å². The van der Waals surface area contributed by atoms with Gasteiger partial charge in [-0.15, -0.1) is 0 Å². The Hall–Kier alpha value is -4.39. The molecule has 0 aliphatic heterocycles. The zero-order valence-electron chi connectivity index (χ0n) is 22.3. The lowest BCUT2D eigenvalue weighted by Crippen LogP contribution is -2.31. The van der Waals surface area contributed by atoms with E-state index in [0.717, 1.165) is 56.2 Å². The highest BCUT2D eigenvalue weighted by Crippen LogP contribution is 2.30. The molecular weight excluding hydrogens is 476 g/mol. The summed E-state index contributed by atoms with van der Waals surface area (Å²) in [5, 5.41) is 5.57. The molecule has 0 unspecified atom stereocenters. The molecule has 0 bridgehead atoms. The van der Waals surface area contributed by atoms with Crippen molar-refractivity contribution >= 4 is 16.8 Å². The molecule has 2 aromatic carbocycles. The number of amides is 1. The number of carbonyl (C=O) groups excluding carboxylic acids is 1. The van der Waals surface area contributed by atoms with Crippen molar-refractivity contribution in [3.05, 3.63) is 101 Å². The molecular formula is C31H32N4O3. The molecule has 0 aliphatic carbocycles. The maximum Gasteiger partial charge on any atom is 0.225 e. The fourth-order valence-corrected chi connectivity index (χ4v) is 4.80. The standard InChI is InChI=1S/C31H32N4O3/c1-21-7-5-8-25-18-26(31(32-30(21)25)24-10-12-27(37-4)13-11-24)19-34(20-28-9-6-16-38-28)29(36)14-15-35-23(3)17-22(2)33-35/h5-13,16-18H,14-15,19-20H2,1-4H3. The van der Waals surface area contributed by atoms with Crippen LogP contribution in [0.5, 0.6) is 5.75 Å². The highest BCUT2D eigenvalue weighted by atomic mass is 16.5. The van der Waals surface area contributed by atoms with Gasteiger partial charge in [-0.25, -0.2) is 4.98 Å². The number of benzene rings is 2. The number of methoxy groups -OCH3 is 1. The van der Waals surface area contributed by atoms with Crippen molar-refractivity contribution < 1.29 is 13.9 Å². The van der Waals surface area contributed by atoms with Gasteiger partial charge in [0.2, 0.25) is 5.91 Å². The van der Waals surface area contributed by atoms with Crippen LogP contribution < -0.4 is 4.74 Å². The number of nitrogens with zero attached hydrogens (tertiary/aromatic N) is 4. The summed E-state index contributed by atoms with van der Waals surface area (Å²) in [5.41, 5.74) is 6.85. The van der Waals surface area contributed by atoms with E-state index in [1.807, 2.05) is 72.0 Å². The van der Waals surface area contributed by atoms with E-state index in [2.05, 4.69) is 30.2 Å². The summed E-state index contributed by atoms with van der Waals surface area (Å²) in [4.78, 5) is 20.6. The number of rotatable bonds is 9. The Labute approximate surface area is 222 Å². The third kappa shape index (κ3) is 5.47. The average Bonchev–Trinajstić information content (AvgIpc) is 3.55. The van der Waals surface area contributed by atoms with Crippen LogP contribution in [0.25, 0.3) is 22.2 Å². The third-order valence-electron chi connectivity index (χ3n) is 6.77. The summed E-state index contributed by atoms with van der Waals surface area (Å²) in [5.74, 6) is 1.55. The minimum Gasteiger partial charge on any atom is -0.497 e. The molecule has 194 valence electrons. The van der Waals surface area contributed by atoms with Crippen LogP contribution in [0.1, 0.15) is 34.7 Å². The summed E-state index contributed by atoms with van der Waals surface area (Å²) in [6.45, 7) is 7.33. The highest BCUT2D eigenvalue weighted by molar-refractivity contribution is 5.86. The van der Waals surface area contributed by atoms with Crippen molar-refractivity contribution in [2.45, 2.75) is 46.8 Å². The van der Waals surface area contributed by atoms with Crippen LogP contribution in [0.2, 0.25) is 0 Å². The van der Waals surface area contributed by atoms with Gasteiger partial charge in [-0.2, -0.15) is 5.10 Å². The predicted octanol–water partition coefficient (Wildman–Crippen LogP) is 6.24. The molecule has 0 fully saturated rings. The van der Waals surface area contributed by atoms with Gasteiger partial charge in [0.1, 0.15) is 11.5 Å². The second-order valence-electron chi connectivity index (χ2n) is 9.60. The molecule has 7 nitrogen and oxygen atoms in total. The van der Waals surface area contributed by atoms with Crippen molar-refractivity contribution in [3.63, 3.8) is 0 Å². The second kappa shape index (κ2) is 10.9. The Kier molecular flexibility index (Phi) is 7.26. The number of pyridine rings is 1. The number of carbonyl (C=O) groups is 1. The molecule has 0 aliphatic rings. The molecule has 0 saturated carbocycles. The number of aromatic nitrogens is 3. The largest absolute Gasteiger partial charge is 0.497 e. The lowest BCUT2D eigenvalue weighted by atomic mass is 10.0. The lowest BCUT2D eigenvalue weighted by molar-refractivity contribution is -0.133. The molecule has 0 saturated heterocycles. The van der Waals surface area contributed by atoms with E-state index in [0.29, 0.717) is 26.1 Å². The summed E-state index contributed by atoms with van der Waals surface area (Å²) in [6.07, 6.45) is 1.97. The maximum atomic E-state index is 13.6. The third-order valence-corrected chi connectivity index (χ3v) is 6.77. The van der Waals surface area contributed by atoms with E-state index in [1.54, 1.807) is 13.4 Å². The van der Waals surface area contributed by atoms with Crippen LogP contribution in [0, 0.1) is 20.8 Å². The number of aryl methyl sites for hydroxylation is 4. The minimum atomic E-state index is 0.0268. The Bertz CT molecular complexity index is 1550. The molecule has 5 aromatic rings. The van der Waals surface area contributed by atoms with Crippen LogP contribution in [0.4, 0.5) is 0 Å². The molecule has 1 amide bonds. The summed E-state index contributed by atoms with van der Waals surface area (Å²) in [6, 6.07) is 22.0. The molecule has 7 heteroatoms. The second-order valence-corrected chi connectivity index (χ2v) is 9.60. The van der Waals surface area contributed by atoms with E-state index >= 15 is 0 Å². The SMILES string of the molecule is COc1ccc(-c2nc3c(C)cccc3cc2CN(Cc2ccco2)C(=O)CCn2nc(C)cc2C)cc1. The van der Waals surface area contributed by atoms with Gasteiger partial charge in [-0.3, -0.25) is 9.48 Å². The predicted molar refractivity (Wildman–Crippen MR) is 148 cm³/mol. The van der Waals surface area contributed by atoms with Gasteiger partial charge in [0.15, 0.2) is 0 Å². The van der Waals surface area contributed by atoms with Gasteiger partial charge < -0.3 is 14.1 Å². The molecule has 3 aromatic heterocycles. The van der Waals surface area contributed by atoms with E-state index in [1.165, 1.54) is 0 Å². The zero-order chi connectivity index (χ0) is 26.6. The average molecular weight is 509 g/mol. The smallest absolute Gasteiger partial charge is 0.225 e. The number of hydrogen-bond donors (Lipinski definition) is 0. The van der Waals surface area contributed by atoms with Gasteiger partial charge in [0.25, 0.3) is 0 Å². The molecule has 38 heavy (non-hydrogen) atoms. The van der Waals surface area contributed by atoms with Crippen LogP contribution >= 0.6 is 0 Å². The van der Waals surface area contributed by atoms with E-state index < -0.39 is 0 Å². The van der Waals surface area contributed by atoms with Gasteiger partial charge in [-0.1, -0.05) is 18.2 Å². The fourth-order valence-electron chi connectivity index (χ4n) is 4.80. The van der Waals surface area contributed by atoms with E-state index in [-0.39, 0.29) is 5.91 Å². The van der Waals surface area contributed by atoms with E-state index in [9.17, 15) is 4.79 Å². The minimum absolute atomic E-state index is 0.0268. The number of fused-ring (bicyclic) bond motifs is 1. The Morgan fingerprint density at radius 2 is 1.82 bits per heavy atom. The van der Waals surface area contributed by atoms with Crippen LogP contribution in [0.15, 0.2) is 77.4 Å². The van der Waals surface area contributed by atoms with Gasteiger partial charge in [-0.05, 0) is 80.4 Å². The summed E-state index contributed by atoms with van der Waals surface area (Å²) >= 11 is 0. The molecule has 5 rings (SSSR count). The van der Waals surface area contributed by atoms with Crippen LogP contribution in [-0.2, 0) is 24.4 Å². The highest BCUT2D eigenvalue weighted by Gasteiger charge is 2.20. The van der Waals surface area contributed by atoms with Gasteiger partial charge in [0.05, 0.1) is 36.8 Å². The molecule has 0 atom stereocenters. The Morgan fingerprint density at radius 3 is 2.50 bits per heavy atom. The summed E-state index contributed by atoms with van der Waals surface area (Å²) < 4.78 is 12.9. The number of furan rings is 1. The maximum absolute atomic E-state index is 13.6.